The topological polar surface area (TPSA) is 92.5 Å². The second kappa shape index (κ2) is 7.56. The van der Waals surface area contributed by atoms with Gasteiger partial charge in [-0.2, -0.15) is 0 Å². The zero-order valence-corrected chi connectivity index (χ0v) is 15.5. The molecule has 0 radical (unpaired) electrons. The zero-order chi connectivity index (χ0) is 18.0. The number of primary amides is 1. The molecule has 1 aromatic rings. The Morgan fingerprint density at radius 2 is 2.00 bits per heavy atom. The third-order valence-corrected chi connectivity index (χ3v) is 5.54. The molecule has 0 bridgehead atoms. The first-order valence-corrected chi connectivity index (χ1v) is 9.39. The SMILES string of the molecule is NC(=O)[C@H](NC(=O)[C@H]1CC(=O)N(C2CCCC2)C1)c1cccc(Br)c1. The van der Waals surface area contributed by atoms with Gasteiger partial charge < -0.3 is 16.0 Å². The molecule has 1 aliphatic heterocycles. The summed E-state index contributed by atoms with van der Waals surface area (Å²) in [7, 11) is 0. The van der Waals surface area contributed by atoms with E-state index in [1.54, 1.807) is 18.2 Å². The minimum Gasteiger partial charge on any atom is -0.368 e. The van der Waals surface area contributed by atoms with Crippen LogP contribution in [0, 0.1) is 5.92 Å². The summed E-state index contributed by atoms with van der Waals surface area (Å²) < 4.78 is 0.800. The lowest BCUT2D eigenvalue weighted by molar-refractivity contribution is -0.131. The van der Waals surface area contributed by atoms with Crippen molar-refractivity contribution < 1.29 is 14.4 Å². The highest BCUT2D eigenvalue weighted by Gasteiger charge is 2.39. The van der Waals surface area contributed by atoms with E-state index in [0.717, 1.165) is 30.2 Å². The van der Waals surface area contributed by atoms with Gasteiger partial charge in [0.2, 0.25) is 17.7 Å². The highest BCUT2D eigenvalue weighted by molar-refractivity contribution is 9.10. The number of hydrogen-bond donors (Lipinski definition) is 2. The molecule has 7 heteroatoms. The van der Waals surface area contributed by atoms with Crippen LogP contribution in [0.25, 0.3) is 0 Å². The van der Waals surface area contributed by atoms with Crippen LogP contribution < -0.4 is 11.1 Å². The fourth-order valence-electron chi connectivity index (χ4n) is 3.74. The lowest BCUT2D eigenvalue weighted by atomic mass is 10.0. The molecular weight excluding hydrogens is 386 g/mol. The van der Waals surface area contributed by atoms with Crippen molar-refractivity contribution in [1.82, 2.24) is 10.2 Å². The molecule has 0 unspecified atom stereocenters. The van der Waals surface area contributed by atoms with Gasteiger partial charge in [-0.25, -0.2) is 0 Å². The van der Waals surface area contributed by atoms with E-state index in [-0.39, 0.29) is 24.3 Å². The summed E-state index contributed by atoms with van der Waals surface area (Å²) in [4.78, 5) is 38.5. The Balaban J connectivity index is 1.68. The first-order valence-electron chi connectivity index (χ1n) is 8.60. The zero-order valence-electron chi connectivity index (χ0n) is 13.9. The van der Waals surface area contributed by atoms with E-state index in [1.165, 1.54) is 0 Å². The van der Waals surface area contributed by atoms with Crippen LogP contribution in [0.15, 0.2) is 28.7 Å². The van der Waals surface area contributed by atoms with Crippen LogP contribution in [0.4, 0.5) is 0 Å². The van der Waals surface area contributed by atoms with Crippen LogP contribution in [0.2, 0.25) is 0 Å². The Labute approximate surface area is 155 Å². The Morgan fingerprint density at radius 3 is 2.64 bits per heavy atom. The van der Waals surface area contributed by atoms with Crippen LogP contribution in [0.1, 0.15) is 43.7 Å². The summed E-state index contributed by atoms with van der Waals surface area (Å²) in [6.45, 7) is 0.430. The molecule has 1 saturated heterocycles. The average Bonchev–Trinajstić information content (AvgIpc) is 3.21. The standard InChI is InChI=1S/C18H22BrN3O3/c19-13-5-3-4-11(8-13)16(17(20)24)21-18(25)12-9-15(23)22(10-12)14-6-1-2-7-14/h3-5,8,12,14,16H,1-2,6-7,9-10H2,(H2,20,24)(H,21,25)/t12-,16+/m0/s1. The molecule has 3 N–H and O–H groups in total. The van der Waals surface area contributed by atoms with Crippen molar-refractivity contribution >= 4 is 33.7 Å². The van der Waals surface area contributed by atoms with Crippen LogP contribution >= 0.6 is 15.9 Å². The van der Waals surface area contributed by atoms with Gasteiger partial charge in [0.05, 0.1) is 5.92 Å². The van der Waals surface area contributed by atoms with Crippen molar-refractivity contribution in [2.45, 2.75) is 44.2 Å². The molecule has 25 heavy (non-hydrogen) atoms. The van der Waals surface area contributed by atoms with Crippen molar-refractivity contribution in [3.63, 3.8) is 0 Å². The summed E-state index contributed by atoms with van der Waals surface area (Å²) in [5.41, 5.74) is 6.09. The number of carbonyl (C=O) groups is 3. The molecule has 6 nitrogen and oxygen atoms in total. The first-order chi connectivity index (χ1) is 12.0. The molecule has 1 aromatic carbocycles. The van der Waals surface area contributed by atoms with Crippen LogP contribution in [0.3, 0.4) is 0 Å². The van der Waals surface area contributed by atoms with Crippen molar-refractivity contribution in [3.8, 4) is 0 Å². The Bertz CT molecular complexity index is 688. The third-order valence-electron chi connectivity index (χ3n) is 5.05. The molecule has 1 saturated carbocycles. The van der Waals surface area contributed by atoms with E-state index in [9.17, 15) is 14.4 Å². The Morgan fingerprint density at radius 1 is 1.28 bits per heavy atom. The maximum atomic E-state index is 12.6. The van der Waals surface area contributed by atoms with E-state index in [2.05, 4.69) is 21.2 Å². The summed E-state index contributed by atoms with van der Waals surface area (Å²) in [6.07, 6.45) is 4.51. The summed E-state index contributed by atoms with van der Waals surface area (Å²) in [5, 5.41) is 2.72. The van der Waals surface area contributed by atoms with Gasteiger partial charge >= 0.3 is 0 Å². The normalized spacial score (nSPS) is 22.2. The maximum absolute atomic E-state index is 12.6. The van der Waals surface area contributed by atoms with Crippen molar-refractivity contribution in [3.05, 3.63) is 34.3 Å². The minimum atomic E-state index is -0.902. The number of likely N-dealkylation sites (tertiary alicyclic amines) is 1. The van der Waals surface area contributed by atoms with Gasteiger partial charge in [-0.1, -0.05) is 40.9 Å². The number of nitrogens with one attached hydrogen (secondary N) is 1. The average molecular weight is 408 g/mol. The number of carbonyl (C=O) groups excluding carboxylic acids is 3. The summed E-state index contributed by atoms with van der Waals surface area (Å²) >= 11 is 3.35. The number of benzene rings is 1. The number of hydrogen-bond acceptors (Lipinski definition) is 3. The molecule has 3 rings (SSSR count). The van der Waals surface area contributed by atoms with Crippen LogP contribution in [-0.4, -0.2) is 35.2 Å². The number of rotatable bonds is 5. The number of amides is 3. The first kappa shape index (κ1) is 17.9. The minimum absolute atomic E-state index is 0.0325. The Hall–Kier alpha value is -1.89. The van der Waals surface area contributed by atoms with Crippen molar-refractivity contribution in [2.75, 3.05) is 6.54 Å². The number of nitrogens with two attached hydrogens (primary N) is 1. The predicted molar refractivity (Wildman–Crippen MR) is 96.3 cm³/mol. The second-order valence-corrected chi connectivity index (χ2v) is 7.70. The van der Waals surface area contributed by atoms with Gasteiger partial charge in [0.25, 0.3) is 0 Å². The van der Waals surface area contributed by atoms with E-state index < -0.39 is 17.9 Å². The van der Waals surface area contributed by atoms with Gasteiger partial charge in [0.15, 0.2) is 0 Å². The summed E-state index contributed by atoms with van der Waals surface area (Å²) in [6, 6.07) is 6.47. The molecule has 134 valence electrons. The second-order valence-electron chi connectivity index (χ2n) is 6.78. The number of halogens is 1. The fourth-order valence-corrected chi connectivity index (χ4v) is 4.16. The lowest BCUT2D eigenvalue weighted by Gasteiger charge is -2.24. The highest BCUT2D eigenvalue weighted by Crippen LogP contribution is 2.30. The molecule has 3 amide bonds. The van der Waals surface area contributed by atoms with Gasteiger partial charge in [-0.15, -0.1) is 0 Å². The predicted octanol–water partition coefficient (Wildman–Crippen LogP) is 1.88. The molecule has 0 spiro atoms. The lowest BCUT2D eigenvalue weighted by Crippen LogP contribution is -2.41. The highest BCUT2D eigenvalue weighted by atomic mass is 79.9. The Kier molecular flexibility index (Phi) is 5.42. The van der Waals surface area contributed by atoms with Gasteiger partial charge in [-0.3, -0.25) is 14.4 Å². The van der Waals surface area contributed by atoms with E-state index >= 15 is 0 Å². The molecule has 1 heterocycles. The molecule has 0 aromatic heterocycles. The summed E-state index contributed by atoms with van der Waals surface area (Å²) in [5.74, 6) is -1.31. The largest absolute Gasteiger partial charge is 0.368 e. The van der Waals surface area contributed by atoms with Crippen LogP contribution in [-0.2, 0) is 14.4 Å². The van der Waals surface area contributed by atoms with Crippen molar-refractivity contribution in [2.24, 2.45) is 11.7 Å². The monoisotopic (exact) mass is 407 g/mol. The molecule has 2 atom stereocenters. The maximum Gasteiger partial charge on any atom is 0.244 e. The number of nitrogens with zero attached hydrogens (tertiary/aromatic N) is 1. The third kappa shape index (κ3) is 4.03. The van der Waals surface area contributed by atoms with Crippen LogP contribution in [0.5, 0.6) is 0 Å². The van der Waals surface area contributed by atoms with E-state index in [4.69, 9.17) is 5.73 Å². The quantitative estimate of drug-likeness (QED) is 0.779. The molecule has 1 aliphatic carbocycles. The van der Waals surface area contributed by atoms with Crippen molar-refractivity contribution in [1.29, 1.82) is 0 Å². The van der Waals surface area contributed by atoms with Gasteiger partial charge in [0.1, 0.15) is 6.04 Å². The molecular formula is C18H22BrN3O3. The van der Waals surface area contributed by atoms with Gasteiger partial charge in [0, 0.05) is 23.5 Å². The van der Waals surface area contributed by atoms with E-state index in [1.807, 2.05) is 11.0 Å². The smallest absolute Gasteiger partial charge is 0.244 e. The van der Waals surface area contributed by atoms with Gasteiger partial charge in [-0.05, 0) is 30.5 Å². The van der Waals surface area contributed by atoms with E-state index in [0.29, 0.717) is 12.1 Å². The molecule has 2 fully saturated rings. The fraction of sp³-hybridized carbons (Fsp3) is 0.500. The molecule has 2 aliphatic rings.